The molecule has 0 bridgehead atoms. The lowest BCUT2D eigenvalue weighted by molar-refractivity contribution is -0.143. The molecule has 2 amide bonds. The van der Waals surface area contributed by atoms with E-state index in [2.05, 4.69) is 21.2 Å². The fraction of sp³-hybridized carbons (Fsp3) is 0.333. The van der Waals surface area contributed by atoms with Crippen LogP contribution in [0.1, 0.15) is 38.3 Å². The highest BCUT2D eigenvalue weighted by atomic mass is 79.9. The van der Waals surface area contributed by atoms with Gasteiger partial charge in [0.05, 0.1) is 4.47 Å². The Morgan fingerprint density at radius 2 is 1.82 bits per heavy atom. The van der Waals surface area contributed by atoms with Gasteiger partial charge in [-0.15, -0.1) is 0 Å². The Labute approximate surface area is 204 Å². The fourth-order valence-electron chi connectivity index (χ4n) is 3.85. The monoisotopic (exact) mass is 510 g/mol. The zero-order chi connectivity index (χ0) is 24.0. The molecule has 0 heterocycles. The van der Waals surface area contributed by atoms with Gasteiger partial charge < -0.3 is 15.0 Å². The lowest BCUT2D eigenvalue weighted by Crippen LogP contribution is -2.51. The third-order valence-corrected chi connectivity index (χ3v) is 6.25. The van der Waals surface area contributed by atoms with Crippen LogP contribution >= 0.6 is 15.9 Å². The standard InChI is InChI=1S/C27H31BrN2O3/c1-5-23(27(32)29-18(2)3)30(16-20-10-8-9-19(4)15-20)25(31)17-33-24-14-13-21-11-6-7-12-22(21)26(24)28/h6-15,18,23H,5,16-17H2,1-4H3,(H,29,32). The Morgan fingerprint density at radius 3 is 2.52 bits per heavy atom. The normalized spacial score (nSPS) is 11.9. The minimum Gasteiger partial charge on any atom is -0.483 e. The maximum Gasteiger partial charge on any atom is 0.261 e. The molecule has 1 atom stereocenters. The smallest absolute Gasteiger partial charge is 0.261 e. The molecule has 3 rings (SSSR count). The molecule has 0 saturated heterocycles. The van der Waals surface area contributed by atoms with Crippen molar-refractivity contribution >= 4 is 38.5 Å². The van der Waals surface area contributed by atoms with Gasteiger partial charge in [-0.25, -0.2) is 0 Å². The van der Waals surface area contributed by atoms with Crippen molar-refractivity contribution in [2.24, 2.45) is 0 Å². The van der Waals surface area contributed by atoms with Crippen LogP contribution in [0.2, 0.25) is 0 Å². The predicted octanol–water partition coefficient (Wildman–Crippen LogP) is 5.62. The number of benzene rings is 3. The average molecular weight is 511 g/mol. The minimum absolute atomic E-state index is 0.00715. The molecular formula is C27H31BrN2O3. The largest absolute Gasteiger partial charge is 0.483 e. The molecule has 6 heteroatoms. The lowest BCUT2D eigenvalue weighted by atomic mass is 10.1. The molecule has 5 nitrogen and oxygen atoms in total. The molecular weight excluding hydrogens is 480 g/mol. The van der Waals surface area contributed by atoms with Gasteiger partial charge in [-0.05, 0) is 65.5 Å². The van der Waals surface area contributed by atoms with E-state index in [1.165, 1.54) is 0 Å². The summed E-state index contributed by atoms with van der Waals surface area (Å²) in [5, 5.41) is 5.05. The molecule has 1 unspecified atom stereocenters. The third kappa shape index (κ3) is 6.35. The Morgan fingerprint density at radius 1 is 1.06 bits per heavy atom. The number of halogens is 1. The molecule has 3 aromatic rings. The zero-order valence-corrected chi connectivity index (χ0v) is 21.2. The first-order chi connectivity index (χ1) is 15.8. The van der Waals surface area contributed by atoms with Crippen LogP contribution in [0.3, 0.4) is 0 Å². The van der Waals surface area contributed by atoms with Crippen molar-refractivity contribution in [1.29, 1.82) is 0 Å². The number of hydrogen-bond donors (Lipinski definition) is 1. The summed E-state index contributed by atoms with van der Waals surface area (Å²) in [5.74, 6) is 0.208. The molecule has 0 spiro atoms. The van der Waals surface area contributed by atoms with E-state index in [4.69, 9.17) is 4.74 Å². The van der Waals surface area contributed by atoms with Gasteiger partial charge >= 0.3 is 0 Å². The second kappa shape index (κ2) is 11.3. The number of carbonyl (C=O) groups is 2. The lowest BCUT2D eigenvalue weighted by Gasteiger charge is -2.31. The second-order valence-corrected chi connectivity index (χ2v) is 9.28. The van der Waals surface area contributed by atoms with Crippen LogP contribution in [0.4, 0.5) is 0 Å². The Hall–Kier alpha value is -2.86. The molecule has 0 fully saturated rings. The molecule has 0 aliphatic carbocycles. The number of amides is 2. The van der Waals surface area contributed by atoms with E-state index in [0.717, 1.165) is 26.4 Å². The van der Waals surface area contributed by atoms with E-state index in [0.29, 0.717) is 18.7 Å². The van der Waals surface area contributed by atoms with Gasteiger partial charge in [0.1, 0.15) is 11.8 Å². The van der Waals surface area contributed by atoms with Crippen LogP contribution in [0.15, 0.2) is 65.1 Å². The zero-order valence-electron chi connectivity index (χ0n) is 19.6. The summed E-state index contributed by atoms with van der Waals surface area (Å²) in [5.41, 5.74) is 2.09. The van der Waals surface area contributed by atoms with Crippen molar-refractivity contribution in [3.8, 4) is 5.75 Å². The number of ether oxygens (including phenoxy) is 1. The van der Waals surface area contributed by atoms with E-state index in [1.54, 1.807) is 4.90 Å². The van der Waals surface area contributed by atoms with Gasteiger partial charge in [0.25, 0.3) is 5.91 Å². The van der Waals surface area contributed by atoms with Crippen molar-refractivity contribution in [1.82, 2.24) is 10.2 Å². The van der Waals surface area contributed by atoms with Crippen molar-refractivity contribution in [2.45, 2.75) is 52.7 Å². The number of nitrogens with one attached hydrogen (secondary N) is 1. The summed E-state index contributed by atoms with van der Waals surface area (Å²) in [6, 6.07) is 19.2. The molecule has 0 saturated carbocycles. The van der Waals surface area contributed by atoms with Crippen molar-refractivity contribution in [3.63, 3.8) is 0 Å². The Kier molecular flexibility index (Phi) is 8.50. The van der Waals surface area contributed by atoms with Crippen LogP contribution < -0.4 is 10.1 Å². The van der Waals surface area contributed by atoms with Gasteiger partial charge in [0.15, 0.2) is 6.61 Å². The van der Waals surface area contributed by atoms with Gasteiger partial charge in [0, 0.05) is 12.6 Å². The first-order valence-electron chi connectivity index (χ1n) is 11.3. The summed E-state index contributed by atoms with van der Waals surface area (Å²) in [6.07, 6.45) is 0.510. The molecule has 0 aliphatic rings. The van der Waals surface area contributed by atoms with Crippen molar-refractivity contribution < 1.29 is 14.3 Å². The van der Waals surface area contributed by atoms with E-state index in [9.17, 15) is 9.59 Å². The Bertz CT molecular complexity index is 1130. The first kappa shape index (κ1) is 24.8. The third-order valence-electron chi connectivity index (χ3n) is 5.43. The molecule has 33 heavy (non-hydrogen) atoms. The van der Waals surface area contributed by atoms with Crippen LogP contribution in [0, 0.1) is 6.92 Å². The van der Waals surface area contributed by atoms with E-state index in [-0.39, 0.29) is 24.5 Å². The average Bonchev–Trinajstić information content (AvgIpc) is 2.78. The number of fused-ring (bicyclic) bond motifs is 1. The number of carbonyl (C=O) groups excluding carboxylic acids is 2. The maximum absolute atomic E-state index is 13.4. The SMILES string of the molecule is CCC(C(=O)NC(C)C)N(Cc1cccc(C)c1)C(=O)COc1ccc2ccccc2c1Br. The first-order valence-corrected chi connectivity index (χ1v) is 12.0. The number of aryl methyl sites for hydroxylation is 1. The molecule has 0 radical (unpaired) electrons. The maximum atomic E-state index is 13.4. The number of nitrogens with zero attached hydrogens (tertiary/aromatic N) is 1. The van der Waals surface area contributed by atoms with E-state index in [1.807, 2.05) is 88.4 Å². The summed E-state index contributed by atoms with van der Waals surface area (Å²) < 4.78 is 6.74. The molecule has 0 aliphatic heterocycles. The van der Waals surface area contributed by atoms with Crippen molar-refractivity contribution in [3.05, 3.63) is 76.3 Å². The van der Waals surface area contributed by atoms with Gasteiger partial charge in [0.2, 0.25) is 5.91 Å². The number of hydrogen-bond acceptors (Lipinski definition) is 3. The highest BCUT2D eigenvalue weighted by Gasteiger charge is 2.29. The number of rotatable bonds is 9. The Balaban J connectivity index is 1.83. The molecule has 3 aromatic carbocycles. The molecule has 174 valence electrons. The van der Waals surface area contributed by atoms with Crippen LogP contribution in [-0.4, -0.2) is 35.4 Å². The van der Waals surface area contributed by atoms with Crippen LogP contribution in [0.25, 0.3) is 10.8 Å². The topological polar surface area (TPSA) is 58.6 Å². The molecule has 1 N–H and O–H groups in total. The quantitative estimate of drug-likeness (QED) is 0.406. The van der Waals surface area contributed by atoms with E-state index < -0.39 is 6.04 Å². The highest BCUT2D eigenvalue weighted by molar-refractivity contribution is 9.10. The van der Waals surface area contributed by atoms with Crippen LogP contribution in [-0.2, 0) is 16.1 Å². The predicted molar refractivity (Wildman–Crippen MR) is 136 cm³/mol. The second-order valence-electron chi connectivity index (χ2n) is 8.49. The summed E-state index contributed by atoms with van der Waals surface area (Å²) in [6.45, 7) is 7.94. The fourth-order valence-corrected chi connectivity index (χ4v) is 4.46. The summed E-state index contributed by atoms with van der Waals surface area (Å²) in [4.78, 5) is 27.9. The highest BCUT2D eigenvalue weighted by Crippen LogP contribution is 2.33. The van der Waals surface area contributed by atoms with Crippen molar-refractivity contribution in [2.75, 3.05) is 6.61 Å². The summed E-state index contributed by atoms with van der Waals surface area (Å²) in [7, 11) is 0. The van der Waals surface area contributed by atoms with E-state index >= 15 is 0 Å². The summed E-state index contributed by atoms with van der Waals surface area (Å²) >= 11 is 3.61. The van der Waals surface area contributed by atoms with Gasteiger partial charge in [-0.3, -0.25) is 9.59 Å². The van der Waals surface area contributed by atoms with Crippen LogP contribution in [0.5, 0.6) is 5.75 Å². The van der Waals surface area contributed by atoms with Gasteiger partial charge in [-0.2, -0.15) is 0 Å². The molecule has 0 aromatic heterocycles. The van der Waals surface area contributed by atoms with Gasteiger partial charge in [-0.1, -0.05) is 67.1 Å². The minimum atomic E-state index is -0.580.